The summed E-state index contributed by atoms with van der Waals surface area (Å²) in [4.78, 5) is 144. The van der Waals surface area contributed by atoms with Crippen molar-refractivity contribution in [3.63, 3.8) is 0 Å². The van der Waals surface area contributed by atoms with Crippen LogP contribution in [-0.2, 0) is 149 Å². The van der Waals surface area contributed by atoms with Gasteiger partial charge in [-0.15, -0.1) is 10.1 Å². The Bertz CT molecular complexity index is 5660. The van der Waals surface area contributed by atoms with Gasteiger partial charge >= 0.3 is 30.2 Å². The molecule has 9 N–H and O–H groups in total. The number of halogens is 5. The fraction of sp³-hybridized carbons (Fsp3) is 0.459. The molecule has 0 spiro atoms. The number of esters is 1. The fourth-order valence-corrected chi connectivity index (χ4v) is 15.0. The number of nitrogens with two attached hydrogens (primary N) is 1. The Hall–Kier alpha value is -12.6. The highest BCUT2D eigenvalue weighted by molar-refractivity contribution is 7.91. The minimum absolute atomic E-state index is 0.00426. The van der Waals surface area contributed by atoms with E-state index in [4.69, 9.17) is 86.5 Å². The third-order valence-electron chi connectivity index (χ3n) is 19.6. The van der Waals surface area contributed by atoms with E-state index in [1.807, 2.05) is 34.6 Å². The second-order valence-corrected chi connectivity index (χ2v) is 36.7. The summed E-state index contributed by atoms with van der Waals surface area (Å²) in [6.07, 6.45) is -1.16. The molecule has 2 saturated heterocycles. The molecule has 8 rings (SSSR count). The molecule has 2 aliphatic heterocycles. The predicted octanol–water partition coefficient (Wildman–Crippen LogP) is 7.54. The number of sulfonamides is 2. The summed E-state index contributed by atoms with van der Waals surface area (Å²) >= 11 is 0. The van der Waals surface area contributed by atoms with Crippen molar-refractivity contribution in [3.05, 3.63) is 178 Å². The first kappa shape index (κ1) is 132. The smallest absolute Gasteiger partial charge is 0.373 e. The van der Waals surface area contributed by atoms with Crippen LogP contribution >= 0.6 is 0 Å². The van der Waals surface area contributed by atoms with Gasteiger partial charge in [0.15, 0.2) is 80.3 Å². The Balaban J connectivity index is 0.000000513. The quantitative estimate of drug-likeness (QED) is 0.00601. The Labute approximate surface area is 863 Å². The van der Waals surface area contributed by atoms with E-state index in [9.17, 15) is 111 Å². The lowest BCUT2D eigenvalue weighted by atomic mass is 10.1. The molecule has 0 bridgehead atoms. The Morgan fingerprint density at radius 1 is 0.413 bits per heavy atom. The Morgan fingerprint density at radius 2 is 0.753 bits per heavy atom. The first-order chi connectivity index (χ1) is 71.5. The van der Waals surface area contributed by atoms with E-state index in [0.717, 1.165) is 37.0 Å². The summed E-state index contributed by atoms with van der Waals surface area (Å²) in [5.74, 6) is -13.5. The average molecular weight is 2190 g/mol. The molecular formula is C98H125F5N6O38S3. The highest BCUT2D eigenvalue weighted by atomic mass is 32.2. The van der Waals surface area contributed by atoms with Crippen LogP contribution in [0.5, 0.6) is 34.5 Å². The molecule has 6 aromatic rings. The summed E-state index contributed by atoms with van der Waals surface area (Å²) in [5.41, 5.74) is 8.84. The molecular weight excluding hydrogens is 2060 g/mol. The minimum Gasteiger partial charge on any atom is -0.463 e. The van der Waals surface area contributed by atoms with Crippen molar-refractivity contribution in [1.82, 2.24) is 24.9 Å². The van der Waals surface area contributed by atoms with Gasteiger partial charge < -0.3 is 103 Å². The molecule has 5 amide bonds. The van der Waals surface area contributed by atoms with Gasteiger partial charge in [0.25, 0.3) is 29.5 Å². The van der Waals surface area contributed by atoms with E-state index in [0.29, 0.717) is 101 Å². The lowest BCUT2D eigenvalue weighted by Crippen LogP contribution is -2.47. The lowest BCUT2D eigenvalue weighted by molar-refractivity contribution is -0.216. The van der Waals surface area contributed by atoms with Gasteiger partial charge in [-0.2, -0.15) is 19.2 Å². The number of rotatable bonds is 62. The number of carbonyl (C=O) groups excluding carboxylic acids is 13. The SMILES string of the molecule is CC/C(C)=C/c1cc(F)c(Oc2ccc(S(=O)(=O)NCCOCCOCCOCCN)cc2)c(F)c1.CCC(=O)[C@H](O)[C@@H](O)C(=O)NCCOCCOCCOCCNS(=O)(=O)c1ccc(Oc2c(F)cc(/C=C(\C)CC)cc2F)cc1.CCCOCCOCCOCCCS(=O)(=O)c1ccc(Oc2ccc(/C=C(\C)C(=O)OCC)cc2F)cc1.O=C(ON1C(=O)CCC1=O)[C@H](O)[C@@H](O)C(=O)ON1C(=O)CCC1=O.O=C=O.O=C=O. The number of hydroxylamine groups is 4. The number of aliphatic hydroxyl groups is 4. The molecule has 0 radical (unpaired) electrons. The first-order valence-electron chi connectivity index (χ1n) is 46.6. The maximum Gasteiger partial charge on any atom is 0.373 e. The number of ether oxygens (including phenoxy) is 13. The van der Waals surface area contributed by atoms with Crippen LogP contribution in [0.2, 0.25) is 0 Å². The highest BCUT2D eigenvalue weighted by Gasteiger charge is 2.42. The number of imide groups is 2. The summed E-state index contributed by atoms with van der Waals surface area (Å²) in [6, 6.07) is 25.1. The van der Waals surface area contributed by atoms with Gasteiger partial charge in [0, 0.05) is 77.1 Å². The maximum atomic E-state index is 14.5. The standard InChI is InChI=1S/C31H42F2N2O10S.C28H37FO8S.C25H34F2N2O6S.C12H12N2O10.2CO2/c1-4-21(3)18-22-19-25(32)30(26(33)20-22)45-23-6-8-24(9-7-23)46(40,41)35-11-13-43-15-17-44-16-14-42-12-10-34-31(39)29(38)28(37)27(36)5-2;1-4-13-33-15-17-35-18-16-34-14-6-19-38(31,32)25-10-8-24(9-11-25)37-27-12-7-23(21-26(27)29)20-22(3)28(30)36-5-2;1-3-19(2)16-20-17-23(26)25(24(27)18-20)35-21-4-6-22(7-5-21)36(30,31)29-9-11-33-13-15-34-14-12-32-10-8-28;15-5-1-2-6(16)13(5)23-11(21)9(19)10(20)12(22)24-14-7(17)3-4-8(14)18;2*2-1-3/h6-9,18-20,28-29,35,37-38H,4-5,10-17H2,1-3H3,(H,34,39);7-12,20-21H,4-6,13-19H2,1-3H3;4-7,16-18,29H,3,8-15,28H2,1-2H3;9-10,19-20H,1-4H2;;/b21-18+;22-20+;19-16+;;;/t28-,29+;;;9-,10-;;/m0..1../s1. The van der Waals surface area contributed by atoms with Gasteiger partial charge in [-0.1, -0.05) is 57.1 Å². The van der Waals surface area contributed by atoms with Crippen molar-refractivity contribution in [3.8, 4) is 34.5 Å². The van der Waals surface area contributed by atoms with E-state index in [1.165, 1.54) is 122 Å². The number of sulfone groups is 1. The van der Waals surface area contributed by atoms with Crippen LogP contribution in [0.4, 0.5) is 22.0 Å². The average Bonchev–Trinajstić information content (AvgIpc) is 1.000. The molecule has 4 atom stereocenters. The van der Waals surface area contributed by atoms with Crippen LogP contribution in [0.15, 0.2) is 147 Å². The van der Waals surface area contributed by atoms with Crippen LogP contribution in [0, 0.1) is 29.1 Å². The number of nitrogens with zero attached hydrogens (tertiary/aromatic N) is 2. The van der Waals surface area contributed by atoms with Crippen LogP contribution in [0.25, 0.3) is 18.2 Å². The largest absolute Gasteiger partial charge is 0.463 e. The van der Waals surface area contributed by atoms with Crippen molar-refractivity contribution in [2.75, 3.05) is 157 Å². The second kappa shape index (κ2) is 72.7. The van der Waals surface area contributed by atoms with Crippen LogP contribution in [-0.4, -0.2) is 303 Å². The molecule has 44 nitrogen and oxygen atoms in total. The molecule has 0 aliphatic carbocycles. The molecule has 828 valence electrons. The normalized spacial score (nSPS) is 13.4. The molecule has 0 saturated carbocycles. The van der Waals surface area contributed by atoms with E-state index >= 15 is 0 Å². The Morgan fingerprint density at radius 3 is 1.11 bits per heavy atom. The lowest BCUT2D eigenvalue weighted by Gasteiger charge is -2.19. The van der Waals surface area contributed by atoms with Crippen molar-refractivity contribution < 1.29 is 201 Å². The first-order valence-corrected chi connectivity index (χ1v) is 51.2. The summed E-state index contributed by atoms with van der Waals surface area (Å²) in [7, 11) is -11.2. The van der Waals surface area contributed by atoms with Gasteiger partial charge in [0.1, 0.15) is 23.4 Å². The van der Waals surface area contributed by atoms with Crippen LogP contribution < -0.4 is 34.7 Å². The number of hydrogen-bond acceptors (Lipinski definition) is 39. The number of aliphatic hydroxyl groups excluding tert-OH is 4. The number of allylic oxidation sites excluding steroid dienone is 2. The van der Waals surface area contributed by atoms with Gasteiger partial charge in [-0.05, 0) is 185 Å². The zero-order valence-corrected chi connectivity index (χ0v) is 86.1. The number of amides is 5. The van der Waals surface area contributed by atoms with Crippen LogP contribution in [0.3, 0.4) is 0 Å². The molecule has 6 aromatic carbocycles. The fourth-order valence-electron chi connectivity index (χ4n) is 11.7. The van der Waals surface area contributed by atoms with Crippen molar-refractivity contribution in [2.45, 2.75) is 152 Å². The van der Waals surface area contributed by atoms with E-state index < -0.39 is 148 Å². The second-order valence-electron chi connectivity index (χ2n) is 31.1. The monoisotopic (exact) mass is 2180 g/mol. The number of benzene rings is 6. The number of ketones is 1. The number of nitrogens with one attached hydrogen (secondary N) is 3. The molecule has 2 heterocycles. The van der Waals surface area contributed by atoms with Crippen molar-refractivity contribution >= 4 is 114 Å². The summed E-state index contributed by atoms with van der Waals surface area (Å²) in [5, 5.41) is 40.8. The summed E-state index contributed by atoms with van der Waals surface area (Å²) in [6.45, 7) is 21.4. The number of carbonyl (C=O) groups is 9. The molecule has 0 unspecified atom stereocenters. The van der Waals surface area contributed by atoms with Gasteiger partial charge in [-0.3, -0.25) is 28.8 Å². The molecule has 0 aromatic heterocycles. The van der Waals surface area contributed by atoms with E-state index in [1.54, 1.807) is 32.1 Å². The topological polar surface area (TPSA) is 612 Å². The molecule has 2 aliphatic rings. The van der Waals surface area contributed by atoms with Crippen molar-refractivity contribution in [2.24, 2.45) is 5.73 Å². The summed E-state index contributed by atoms with van der Waals surface area (Å²) < 4.78 is 221. The highest BCUT2D eigenvalue weighted by Crippen LogP contribution is 2.34. The molecule has 52 heteroatoms. The van der Waals surface area contributed by atoms with Gasteiger partial charge in [-0.25, -0.2) is 71.0 Å². The number of Topliss-reactive ketones (excluding diaryl/α,β-unsaturated/α-hetero) is 1. The Kier molecular flexibility index (Phi) is 63.8. The third-order valence-corrected chi connectivity index (χ3v) is 24.4. The molecule has 2 fully saturated rings. The zero-order chi connectivity index (χ0) is 112. The zero-order valence-electron chi connectivity index (χ0n) is 83.6. The molecule has 150 heavy (non-hydrogen) atoms. The van der Waals surface area contributed by atoms with E-state index in [-0.39, 0.29) is 170 Å². The third kappa shape index (κ3) is 50.3. The minimum atomic E-state index is -3.87. The van der Waals surface area contributed by atoms with Crippen molar-refractivity contribution in [1.29, 1.82) is 0 Å². The van der Waals surface area contributed by atoms with Gasteiger partial charge in [0.2, 0.25) is 20.0 Å². The maximum absolute atomic E-state index is 14.5. The predicted molar refractivity (Wildman–Crippen MR) is 517 cm³/mol. The van der Waals surface area contributed by atoms with E-state index in [2.05, 4.69) is 24.4 Å². The van der Waals surface area contributed by atoms with Crippen LogP contribution in [0.1, 0.15) is 130 Å². The number of hydrogen-bond donors (Lipinski definition) is 8. The van der Waals surface area contributed by atoms with Gasteiger partial charge in [0.05, 0.1) is 133 Å².